The quantitative estimate of drug-likeness (QED) is 0.654. The number of aryl methyl sites for hydroxylation is 2. The molecule has 0 saturated heterocycles. The molecule has 1 aromatic rings. The smallest absolute Gasteiger partial charge is 0.124 e. The van der Waals surface area contributed by atoms with Crippen molar-refractivity contribution in [1.29, 1.82) is 0 Å². The lowest BCUT2D eigenvalue weighted by molar-refractivity contribution is 0.121. The molecule has 3 heteroatoms. The zero-order valence-corrected chi connectivity index (χ0v) is 7.29. The Labute approximate surface area is 71.7 Å². The molecule has 0 amide bonds. The maximum atomic E-state index is 9.57. The van der Waals surface area contributed by atoms with Crippen LogP contribution in [-0.2, 0) is 11.4 Å². The molecular formula is C9H13NO2. The first-order valence-electron chi connectivity index (χ1n) is 3.76. The lowest BCUT2D eigenvalue weighted by Gasteiger charge is -2.08. The van der Waals surface area contributed by atoms with Crippen molar-refractivity contribution in [3.05, 3.63) is 28.8 Å². The van der Waals surface area contributed by atoms with Crippen LogP contribution in [0.2, 0.25) is 0 Å². The Balaban J connectivity index is 3.14. The van der Waals surface area contributed by atoms with Crippen molar-refractivity contribution in [2.45, 2.75) is 20.5 Å². The van der Waals surface area contributed by atoms with Gasteiger partial charge in [-0.25, -0.2) is 5.90 Å². The molecular weight excluding hydrogens is 154 g/mol. The molecule has 1 aromatic carbocycles. The number of benzene rings is 1. The zero-order chi connectivity index (χ0) is 9.14. The van der Waals surface area contributed by atoms with Crippen LogP contribution >= 0.6 is 0 Å². The second-order valence-corrected chi connectivity index (χ2v) is 2.84. The third-order valence-corrected chi connectivity index (χ3v) is 1.95. The highest BCUT2D eigenvalue weighted by atomic mass is 16.6. The molecule has 0 atom stereocenters. The molecule has 0 radical (unpaired) electrons. The summed E-state index contributed by atoms with van der Waals surface area (Å²) in [6.07, 6.45) is 0. The number of hydrogen-bond donors (Lipinski definition) is 2. The fraction of sp³-hybridized carbons (Fsp3) is 0.333. The van der Waals surface area contributed by atoms with Crippen molar-refractivity contribution < 1.29 is 9.94 Å². The largest absolute Gasteiger partial charge is 0.507 e. The summed E-state index contributed by atoms with van der Waals surface area (Å²) in [5.74, 6) is 5.22. The molecule has 0 bridgehead atoms. The normalized spacial score (nSPS) is 10.2. The third-order valence-electron chi connectivity index (χ3n) is 1.95. The van der Waals surface area contributed by atoms with E-state index in [0.717, 1.165) is 16.7 Å². The summed E-state index contributed by atoms with van der Waals surface area (Å²) in [5, 5.41) is 9.57. The molecule has 0 aliphatic rings. The minimum absolute atomic E-state index is 0.249. The first kappa shape index (κ1) is 9.03. The van der Waals surface area contributed by atoms with Crippen LogP contribution in [0.5, 0.6) is 5.75 Å². The molecule has 3 nitrogen and oxygen atoms in total. The second kappa shape index (κ2) is 3.56. The fourth-order valence-corrected chi connectivity index (χ4v) is 1.12. The van der Waals surface area contributed by atoms with Crippen LogP contribution in [-0.4, -0.2) is 5.11 Å². The first-order chi connectivity index (χ1) is 5.66. The van der Waals surface area contributed by atoms with E-state index < -0.39 is 0 Å². The maximum absolute atomic E-state index is 9.57. The van der Waals surface area contributed by atoms with E-state index in [9.17, 15) is 5.11 Å². The van der Waals surface area contributed by atoms with E-state index in [4.69, 9.17) is 5.90 Å². The zero-order valence-electron chi connectivity index (χ0n) is 7.29. The highest BCUT2D eigenvalue weighted by molar-refractivity contribution is 5.43. The van der Waals surface area contributed by atoms with Gasteiger partial charge in [0.15, 0.2) is 0 Å². The van der Waals surface area contributed by atoms with Crippen molar-refractivity contribution in [2.75, 3.05) is 0 Å². The molecule has 12 heavy (non-hydrogen) atoms. The monoisotopic (exact) mass is 167 g/mol. The van der Waals surface area contributed by atoms with Crippen molar-refractivity contribution in [3.63, 3.8) is 0 Å². The molecule has 0 heterocycles. The minimum Gasteiger partial charge on any atom is -0.507 e. The van der Waals surface area contributed by atoms with E-state index in [0.29, 0.717) is 0 Å². The van der Waals surface area contributed by atoms with Crippen molar-refractivity contribution >= 4 is 0 Å². The van der Waals surface area contributed by atoms with Crippen LogP contribution in [0.3, 0.4) is 0 Å². The van der Waals surface area contributed by atoms with E-state index in [2.05, 4.69) is 4.84 Å². The van der Waals surface area contributed by atoms with Gasteiger partial charge >= 0.3 is 0 Å². The number of rotatable bonds is 2. The molecule has 0 saturated carbocycles. The average Bonchev–Trinajstić information content (AvgIpc) is 2.06. The van der Waals surface area contributed by atoms with Crippen LogP contribution in [0, 0.1) is 13.8 Å². The van der Waals surface area contributed by atoms with E-state index >= 15 is 0 Å². The Morgan fingerprint density at radius 1 is 1.33 bits per heavy atom. The van der Waals surface area contributed by atoms with Crippen molar-refractivity contribution in [1.82, 2.24) is 0 Å². The summed E-state index contributed by atoms with van der Waals surface area (Å²) < 4.78 is 0. The standard InChI is InChI=1S/C9H13NO2/c1-6-3-4-7(2)9(11)8(6)5-12-10/h3-4,11H,5,10H2,1-2H3. The molecule has 3 N–H and O–H groups in total. The third kappa shape index (κ3) is 1.57. The van der Waals surface area contributed by atoms with Crippen molar-refractivity contribution in [2.24, 2.45) is 5.90 Å². The average molecular weight is 167 g/mol. The van der Waals surface area contributed by atoms with Crippen LogP contribution in [0.15, 0.2) is 12.1 Å². The Morgan fingerprint density at radius 3 is 2.50 bits per heavy atom. The van der Waals surface area contributed by atoms with Gasteiger partial charge in [-0.1, -0.05) is 12.1 Å². The molecule has 66 valence electrons. The van der Waals surface area contributed by atoms with Crippen LogP contribution < -0.4 is 5.90 Å². The molecule has 0 aliphatic heterocycles. The van der Waals surface area contributed by atoms with Gasteiger partial charge in [0.1, 0.15) is 5.75 Å². The van der Waals surface area contributed by atoms with Gasteiger partial charge in [-0.15, -0.1) is 0 Å². The number of nitrogens with two attached hydrogens (primary N) is 1. The summed E-state index contributed by atoms with van der Waals surface area (Å²) in [6, 6.07) is 3.80. The first-order valence-corrected chi connectivity index (χ1v) is 3.76. The molecule has 0 aliphatic carbocycles. The lowest BCUT2D eigenvalue weighted by atomic mass is 10.0. The maximum Gasteiger partial charge on any atom is 0.124 e. The second-order valence-electron chi connectivity index (χ2n) is 2.84. The van der Waals surface area contributed by atoms with Crippen LogP contribution in [0.4, 0.5) is 0 Å². The van der Waals surface area contributed by atoms with E-state index in [1.165, 1.54) is 0 Å². The molecule has 0 aromatic heterocycles. The van der Waals surface area contributed by atoms with E-state index in [1.54, 1.807) is 0 Å². The predicted octanol–water partition coefficient (Wildman–Crippen LogP) is 1.40. The van der Waals surface area contributed by atoms with Gasteiger partial charge in [-0.05, 0) is 25.0 Å². The molecule has 1 rings (SSSR count). The van der Waals surface area contributed by atoms with Gasteiger partial charge in [-0.3, -0.25) is 4.84 Å². The molecule has 0 spiro atoms. The Bertz CT molecular complexity index is 284. The Kier molecular flexibility index (Phi) is 2.68. The topological polar surface area (TPSA) is 55.5 Å². The van der Waals surface area contributed by atoms with Gasteiger partial charge in [0.2, 0.25) is 0 Å². The predicted molar refractivity (Wildman–Crippen MR) is 46.6 cm³/mol. The summed E-state index contributed by atoms with van der Waals surface area (Å²) in [4.78, 5) is 4.48. The summed E-state index contributed by atoms with van der Waals surface area (Å²) >= 11 is 0. The van der Waals surface area contributed by atoms with E-state index in [-0.39, 0.29) is 12.4 Å². The van der Waals surface area contributed by atoms with Gasteiger partial charge < -0.3 is 5.11 Å². The lowest BCUT2D eigenvalue weighted by Crippen LogP contribution is -2.01. The van der Waals surface area contributed by atoms with Gasteiger partial charge in [-0.2, -0.15) is 0 Å². The van der Waals surface area contributed by atoms with E-state index in [1.807, 2.05) is 26.0 Å². The molecule has 0 fully saturated rings. The number of phenols is 1. The van der Waals surface area contributed by atoms with Crippen molar-refractivity contribution in [3.8, 4) is 5.75 Å². The Morgan fingerprint density at radius 2 is 1.92 bits per heavy atom. The highest BCUT2D eigenvalue weighted by Gasteiger charge is 2.06. The SMILES string of the molecule is Cc1ccc(C)c(CON)c1O. The number of phenolic OH excluding ortho intramolecular Hbond substituents is 1. The number of hydrogen-bond acceptors (Lipinski definition) is 3. The summed E-state index contributed by atoms with van der Waals surface area (Å²) in [5.41, 5.74) is 2.59. The molecule has 0 unspecified atom stereocenters. The van der Waals surface area contributed by atoms with Gasteiger partial charge in [0.25, 0.3) is 0 Å². The minimum atomic E-state index is 0.249. The van der Waals surface area contributed by atoms with Crippen LogP contribution in [0.1, 0.15) is 16.7 Å². The summed E-state index contributed by atoms with van der Waals surface area (Å²) in [7, 11) is 0. The number of aromatic hydroxyl groups is 1. The van der Waals surface area contributed by atoms with Gasteiger partial charge in [0.05, 0.1) is 6.61 Å². The summed E-state index contributed by atoms with van der Waals surface area (Å²) in [6.45, 7) is 4.00. The fourth-order valence-electron chi connectivity index (χ4n) is 1.12. The Hall–Kier alpha value is -1.06. The highest BCUT2D eigenvalue weighted by Crippen LogP contribution is 2.25. The van der Waals surface area contributed by atoms with Gasteiger partial charge in [0, 0.05) is 5.56 Å². The van der Waals surface area contributed by atoms with Crippen LogP contribution in [0.25, 0.3) is 0 Å².